The minimum atomic E-state index is -0.320. The normalized spacial score (nSPS) is 47.1. The number of carbonyl (C=O) groups is 2. The Morgan fingerprint density at radius 2 is 1.65 bits per heavy atom. The van der Waals surface area contributed by atoms with Crippen LogP contribution in [0.5, 0.6) is 0 Å². The second kappa shape index (κ2) is 3.24. The van der Waals surface area contributed by atoms with Gasteiger partial charge in [0.2, 0.25) is 11.8 Å². The molecule has 4 N–H and O–H groups in total. The molecule has 4 aliphatic carbocycles. The Morgan fingerprint density at radius 1 is 1.06 bits per heavy atom. The van der Waals surface area contributed by atoms with Crippen LogP contribution in [0, 0.1) is 22.7 Å². The van der Waals surface area contributed by atoms with Gasteiger partial charge in [0.05, 0.1) is 5.41 Å². The van der Waals surface area contributed by atoms with Crippen LogP contribution in [0.15, 0.2) is 0 Å². The van der Waals surface area contributed by atoms with Crippen LogP contribution in [-0.2, 0) is 9.59 Å². The van der Waals surface area contributed by atoms with Crippen molar-refractivity contribution in [2.24, 2.45) is 34.1 Å². The predicted molar refractivity (Wildman–Crippen MR) is 62.6 cm³/mol. The van der Waals surface area contributed by atoms with Crippen molar-refractivity contribution in [2.75, 3.05) is 0 Å². The van der Waals surface area contributed by atoms with Crippen LogP contribution in [0.3, 0.4) is 0 Å². The van der Waals surface area contributed by atoms with Crippen molar-refractivity contribution in [3.63, 3.8) is 0 Å². The van der Waals surface area contributed by atoms with Gasteiger partial charge in [0, 0.05) is 6.42 Å². The van der Waals surface area contributed by atoms with Crippen LogP contribution in [0.1, 0.15) is 44.9 Å². The SMILES string of the molecule is NC(=O)CC12CC3CC(C1)CC(C(N)=O)(C3)C2. The molecule has 0 spiro atoms. The van der Waals surface area contributed by atoms with Gasteiger partial charge in [-0.15, -0.1) is 0 Å². The summed E-state index contributed by atoms with van der Waals surface area (Å²) in [6.07, 6.45) is 6.48. The average molecular weight is 236 g/mol. The number of hydrogen-bond acceptors (Lipinski definition) is 2. The molecule has 4 nitrogen and oxygen atoms in total. The molecule has 4 aliphatic rings. The third-order valence-electron chi connectivity index (χ3n) is 5.25. The van der Waals surface area contributed by atoms with Crippen LogP contribution in [0.25, 0.3) is 0 Å². The van der Waals surface area contributed by atoms with Gasteiger partial charge in [-0.2, -0.15) is 0 Å². The zero-order valence-electron chi connectivity index (χ0n) is 10.1. The molecule has 0 radical (unpaired) electrons. The van der Waals surface area contributed by atoms with E-state index < -0.39 is 0 Å². The van der Waals surface area contributed by atoms with Crippen LogP contribution in [0.4, 0.5) is 0 Å². The van der Waals surface area contributed by atoms with Gasteiger partial charge in [0.15, 0.2) is 0 Å². The first-order valence-electron chi connectivity index (χ1n) is 6.51. The maximum Gasteiger partial charge on any atom is 0.223 e. The molecule has 0 aromatic rings. The largest absolute Gasteiger partial charge is 0.370 e. The van der Waals surface area contributed by atoms with E-state index >= 15 is 0 Å². The molecular weight excluding hydrogens is 216 g/mol. The fourth-order valence-electron chi connectivity index (χ4n) is 5.32. The van der Waals surface area contributed by atoms with E-state index in [-0.39, 0.29) is 22.6 Å². The predicted octanol–water partition coefficient (Wildman–Crippen LogP) is 0.934. The molecule has 94 valence electrons. The lowest BCUT2D eigenvalue weighted by Crippen LogP contribution is -2.57. The van der Waals surface area contributed by atoms with E-state index in [1.165, 1.54) is 6.42 Å². The number of amides is 2. The van der Waals surface area contributed by atoms with Gasteiger partial charge < -0.3 is 11.5 Å². The van der Waals surface area contributed by atoms with E-state index in [1.54, 1.807) is 0 Å². The fraction of sp³-hybridized carbons (Fsp3) is 0.846. The van der Waals surface area contributed by atoms with Crippen molar-refractivity contribution >= 4 is 11.8 Å². The summed E-state index contributed by atoms with van der Waals surface area (Å²) in [5.41, 5.74) is 10.7. The van der Waals surface area contributed by atoms with Gasteiger partial charge in [-0.3, -0.25) is 9.59 Å². The smallest absolute Gasteiger partial charge is 0.223 e. The number of rotatable bonds is 3. The number of carbonyl (C=O) groups excluding carboxylic acids is 2. The fourth-order valence-corrected chi connectivity index (χ4v) is 5.32. The standard InChI is InChI=1S/C13H20N2O2/c14-10(16)6-12-2-8-1-9(3-12)5-13(4-8,7-12)11(15)17/h8-9H,1-7H2,(H2,14,16)(H2,15,17). The summed E-state index contributed by atoms with van der Waals surface area (Å²) >= 11 is 0. The van der Waals surface area contributed by atoms with Crippen molar-refractivity contribution in [3.05, 3.63) is 0 Å². The first-order valence-corrected chi connectivity index (χ1v) is 6.51. The molecular formula is C13H20N2O2. The monoisotopic (exact) mass is 236 g/mol. The van der Waals surface area contributed by atoms with E-state index in [0.717, 1.165) is 32.1 Å². The summed E-state index contributed by atoms with van der Waals surface area (Å²) in [4.78, 5) is 23.1. The van der Waals surface area contributed by atoms with E-state index in [4.69, 9.17) is 11.5 Å². The van der Waals surface area contributed by atoms with Crippen molar-refractivity contribution in [1.29, 1.82) is 0 Å². The van der Waals surface area contributed by atoms with Gasteiger partial charge in [-0.25, -0.2) is 0 Å². The molecule has 0 saturated heterocycles. The van der Waals surface area contributed by atoms with E-state index in [9.17, 15) is 9.59 Å². The molecule has 4 saturated carbocycles. The first-order chi connectivity index (χ1) is 7.93. The first kappa shape index (κ1) is 11.1. The highest BCUT2D eigenvalue weighted by Crippen LogP contribution is 2.66. The topological polar surface area (TPSA) is 86.2 Å². The van der Waals surface area contributed by atoms with E-state index in [0.29, 0.717) is 18.3 Å². The zero-order valence-corrected chi connectivity index (χ0v) is 10.1. The molecule has 17 heavy (non-hydrogen) atoms. The molecule has 4 fully saturated rings. The molecule has 0 heterocycles. The van der Waals surface area contributed by atoms with E-state index in [2.05, 4.69) is 0 Å². The lowest BCUT2D eigenvalue weighted by Gasteiger charge is -2.60. The Kier molecular flexibility index (Phi) is 2.11. The van der Waals surface area contributed by atoms with Crippen LogP contribution in [0.2, 0.25) is 0 Å². The van der Waals surface area contributed by atoms with Crippen molar-refractivity contribution in [1.82, 2.24) is 0 Å². The van der Waals surface area contributed by atoms with Gasteiger partial charge in [-0.1, -0.05) is 0 Å². The Balaban J connectivity index is 1.94. The Hall–Kier alpha value is -1.06. The Morgan fingerprint density at radius 3 is 2.12 bits per heavy atom. The third kappa shape index (κ3) is 1.57. The summed E-state index contributed by atoms with van der Waals surface area (Å²) in [7, 11) is 0. The van der Waals surface area contributed by atoms with Crippen LogP contribution < -0.4 is 11.5 Å². The zero-order chi connectivity index (χ0) is 12.3. The number of nitrogens with two attached hydrogens (primary N) is 2. The second-order valence-corrected chi connectivity index (χ2v) is 6.75. The molecule has 0 aromatic carbocycles. The molecule has 4 heteroatoms. The number of primary amides is 2. The van der Waals surface area contributed by atoms with E-state index in [1.807, 2.05) is 0 Å². The summed E-state index contributed by atoms with van der Waals surface area (Å²) in [6, 6.07) is 0. The highest BCUT2D eigenvalue weighted by atomic mass is 16.1. The average Bonchev–Trinajstić information content (AvgIpc) is 2.12. The molecule has 2 amide bonds. The highest BCUT2D eigenvalue weighted by Gasteiger charge is 2.60. The summed E-state index contributed by atoms with van der Waals surface area (Å²) in [5, 5.41) is 0. The van der Waals surface area contributed by atoms with Gasteiger partial charge in [-0.05, 0) is 55.8 Å². The van der Waals surface area contributed by atoms with Crippen LogP contribution >= 0.6 is 0 Å². The van der Waals surface area contributed by atoms with Gasteiger partial charge in [0.25, 0.3) is 0 Å². The van der Waals surface area contributed by atoms with Crippen molar-refractivity contribution in [2.45, 2.75) is 44.9 Å². The van der Waals surface area contributed by atoms with Gasteiger partial charge >= 0.3 is 0 Å². The Labute approximate surface area is 101 Å². The van der Waals surface area contributed by atoms with Gasteiger partial charge in [0.1, 0.15) is 0 Å². The molecule has 4 bridgehead atoms. The van der Waals surface area contributed by atoms with Crippen molar-refractivity contribution < 1.29 is 9.59 Å². The maximum absolute atomic E-state index is 11.8. The summed E-state index contributed by atoms with van der Waals surface area (Å²) in [6.45, 7) is 0. The molecule has 2 atom stereocenters. The Bertz CT molecular complexity index is 377. The molecule has 4 rings (SSSR count). The maximum atomic E-state index is 11.8. The molecule has 0 aromatic heterocycles. The summed E-state index contributed by atoms with van der Waals surface area (Å²) < 4.78 is 0. The second-order valence-electron chi connectivity index (χ2n) is 6.75. The quantitative estimate of drug-likeness (QED) is 0.763. The minimum absolute atomic E-state index is 0.00898. The minimum Gasteiger partial charge on any atom is -0.370 e. The summed E-state index contributed by atoms with van der Waals surface area (Å²) in [5.74, 6) is 0.790. The molecule has 0 aliphatic heterocycles. The lowest BCUT2D eigenvalue weighted by atomic mass is 9.43. The lowest BCUT2D eigenvalue weighted by molar-refractivity contribution is -0.157. The number of hydrogen-bond donors (Lipinski definition) is 2. The third-order valence-corrected chi connectivity index (χ3v) is 5.25. The molecule has 2 unspecified atom stereocenters. The van der Waals surface area contributed by atoms with Crippen molar-refractivity contribution in [3.8, 4) is 0 Å². The van der Waals surface area contributed by atoms with Crippen LogP contribution in [-0.4, -0.2) is 11.8 Å². The highest BCUT2D eigenvalue weighted by molar-refractivity contribution is 5.82.